The molecule has 0 bridgehead atoms. The Kier molecular flexibility index (Phi) is 5.60. The fourth-order valence-corrected chi connectivity index (χ4v) is 3.40. The van der Waals surface area contributed by atoms with Crippen LogP contribution in [0.15, 0.2) is 36.5 Å². The summed E-state index contributed by atoms with van der Waals surface area (Å²) >= 11 is 0. The van der Waals surface area contributed by atoms with Crippen molar-refractivity contribution in [1.82, 2.24) is 35.3 Å². The molecule has 2 atom stereocenters. The van der Waals surface area contributed by atoms with E-state index >= 15 is 0 Å². The second kappa shape index (κ2) is 8.46. The number of aromatic amines is 1. The average Bonchev–Trinajstić information content (AvgIpc) is 3.36. The van der Waals surface area contributed by atoms with Gasteiger partial charge in [0.1, 0.15) is 18.5 Å². The van der Waals surface area contributed by atoms with E-state index < -0.39 is 6.10 Å². The largest absolute Gasteiger partial charge is 0.491 e. The van der Waals surface area contributed by atoms with Crippen molar-refractivity contribution >= 4 is 0 Å². The molecule has 3 heterocycles. The van der Waals surface area contributed by atoms with Crippen molar-refractivity contribution in [2.45, 2.75) is 19.2 Å². The third-order valence-electron chi connectivity index (χ3n) is 4.77. The van der Waals surface area contributed by atoms with Gasteiger partial charge in [-0.15, -0.1) is 10.2 Å². The summed E-state index contributed by atoms with van der Waals surface area (Å²) in [4.78, 5) is 2.13. The number of hydrogen-bond acceptors (Lipinski definition) is 8. The van der Waals surface area contributed by atoms with Gasteiger partial charge in [-0.2, -0.15) is 10.3 Å². The highest BCUT2D eigenvalue weighted by molar-refractivity contribution is 5.54. The maximum atomic E-state index is 10.4. The summed E-state index contributed by atoms with van der Waals surface area (Å²) in [6.07, 6.45) is 1.12. The summed E-state index contributed by atoms with van der Waals surface area (Å²) in [5.41, 5.74) is 1.92. The topological polar surface area (TPSA) is 125 Å². The van der Waals surface area contributed by atoms with Crippen molar-refractivity contribution in [3.63, 3.8) is 0 Å². The van der Waals surface area contributed by atoms with E-state index in [0.717, 1.165) is 11.3 Å². The average molecular weight is 385 g/mol. The minimum absolute atomic E-state index is 0.0898. The lowest BCUT2D eigenvalue weighted by molar-refractivity contribution is 0.0561. The van der Waals surface area contributed by atoms with Crippen LogP contribution in [0.2, 0.25) is 0 Å². The number of tetrazole rings is 1. The van der Waals surface area contributed by atoms with Gasteiger partial charge >= 0.3 is 0 Å². The molecule has 2 aromatic heterocycles. The van der Waals surface area contributed by atoms with Gasteiger partial charge in [0.15, 0.2) is 0 Å². The highest BCUT2D eigenvalue weighted by atomic mass is 16.5. The predicted molar refractivity (Wildman–Crippen MR) is 99.2 cm³/mol. The van der Waals surface area contributed by atoms with Gasteiger partial charge in [-0.05, 0) is 35.5 Å². The summed E-state index contributed by atoms with van der Waals surface area (Å²) in [5.74, 6) is 1.27. The van der Waals surface area contributed by atoms with Crippen LogP contribution in [0.4, 0.5) is 0 Å². The molecule has 1 aromatic carbocycles. The molecule has 0 amide bonds. The maximum absolute atomic E-state index is 10.4. The zero-order valence-corrected chi connectivity index (χ0v) is 15.3. The molecule has 10 heteroatoms. The monoisotopic (exact) mass is 385 g/mol. The molecule has 0 spiro atoms. The number of rotatable bonds is 7. The van der Waals surface area contributed by atoms with E-state index in [-0.39, 0.29) is 19.1 Å². The molecule has 10 nitrogen and oxygen atoms in total. The van der Waals surface area contributed by atoms with E-state index in [1.807, 2.05) is 35.0 Å². The van der Waals surface area contributed by atoms with Crippen LogP contribution in [-0.4, -0.2) is 77.9 Å². The zero-order chi connectivity index (χ0) is 19.3. The predicted octanol–water partition coefficient (Wildman–Crippen LogP) is -0.0728. The quantitative estimate of drug-likeness (QED) is 0.516. The summed E-state index contributed by atoms with van der Waals surface area (Å²) in [7, 11) is 0. The summed E-state index contributed by atoms with van der Waals surface area (Å²) in [6.45, 7) is 2.82. The van der Waals surface area contributed by atoms with E-state index in [9.17, 15) is 10.2 Å². The number of H-pyrrole nitrogens is 1. The number of β-amino-alcohol motifs (C(OH)–C–C–N with tert-alkyl or cyclic N) is 1. The third kappa shape index (κ3) is 4.35. The van der Waals surface area contributed by atoms with E-state index in [2.05, 4.69) is 30.6 Å². The molecule has 0 aliphatic carbocycles. The van der Waals surface area contributed by atoms with Gasteiger partial charge in [0.05, 0.1) is 5.69 Å². The Bertz CT molecular complexity index is 866. The number of fused-ring (bicyclic) bond motifs is 1. The highest BCUT2D eigenvalue weighted by Gasteiger charge is 2.23. The Morgan fingerprint density at radius 1 is 1.21 bits per heavy atom. The first-order valence-electron chi connectivity index (χ1n) is 9.20. The van der Waals surface area contributed by atoms with Crippen molar-refractivity contribution < 1.29 is 14.9 Å². The minimum Gasteiger partial charge on any atom is -0.491 e. The van der Waals surface area contributed by atoms with Gasteiger partial charge in [0.2, 0.25) is 5.82 Å². The van der Waals surface area contributed by atoms with Crippen molar-refractivity contribution in [3.8, 4) is 17.1 Å². The number of hydrogen-bond donors (Lipinski definition) is 3. The van der Waals surface area contributed by atoms with Crippen LogP contribution in [0.5, 0.6) is 5.75 Å². The van der Waals surface area contributed by atoms with Crippen LogP contribution in [-0.2, 0) is 13.1 Å². The molecular formula is C18H23N7O3. The number of benzene rings is 1. The highest BCUT2D eigenvalue weighted by Crippen LogP contribution is 2.19. The van der Waals surface area contributed by atoms with E-state index in [1.165, 1.54) is 0 Å². The standard InChI is InChI=1S/C18H23N7O3/c26-11-13-7-24(9-15-5-6-19-25(15)8-13)10-16(27)12-28-17-3-1-14(2-4-17)18-20-22-23-21-18/h1-6,13,16,26-27H,7-12H2,(H,20,21,22,23). The van der Waals surface area contributed by atoms with E-state index in [1.54, 1.807) is 6.20 Å². The molecule has 0 fully saturated rings. The van der Waals surface area contributed by atoms with Crippen LogP contribution in [0.3, 0.4) is 0 Å². The van der Waals surface area contributed by atoms with Gasteiger partial charge in [-0.3, -0.25) is 9.58 Å². The number of aliphatic hydroxyl groups excluding tert-OH is 2. The van der Waals surface area contributed by atoms with Gasteiger partial charge in [-0.25, -0.2) is 0 Å². The normalized spacial score (nSPS) is 18.4. The Labute approximate surface area is 161 Å². The second-order valence-corrected chi connectivity index (χ2v) is 6.97. The summed E-state index contributed by atoms with van der Waals surface area (Å²) in [6, 6.07) is 9.28. The smallest absolute Gasteiger partial charge is 0.204 e. The second-order valence-electron chi connectivity index (χ2n) is 6.97. The maximum Gasteiger partial charge on any atom is 0.204 e. The number of nitrogens with one attached hydrogen (secondary N) is 1. The molecule has 0 saturated heterocycles. The molecule has 2 unspecified atom stereocenters. The van der Waals surface area contributed by atoms with Crippen LogP contribution in [0.25, 0.3) is 11.4 Å². The van der Waals surface area contributed by atoms with Crippen LogP contribution < -0.4 is 4.74 Å². The molecule has 148 valence electrons. The van der Waals surface area contributed by atoms with E-state index in [0.29, 0.717) is 37.8 Å². The van der Waals surface area contributed by atoms with Crippen molar-refractivity contribution in [3.05, 3.63) is 42.2 Å². The van der Waals surface area contributed by atoms with Crippen molar-refractivity contribution in [2.24, 2.45) is 5.92 Å². The van der Waals surface area contributed by atoms with Crippen LogP contribution in [0.1, 0.15) is 5.69 Å². The van der Waals surface area contributed by atoms with Crippen molar-refractivity contribution in [1.29, 1.82) is 0 Å². The van der Waals surface area contributed by atoms with Gasteiger partial charge < -0.3 is 14.9 Å². The molecule has 28 heavy (non-hydrogen) atoms. The lowest BCUT2D eigenvalue weighted by Gasteiger charge is -2.25. The molecule has 0 radical (unpaired) electrons. The fourth-order valence-electron chi connectivity index (χ4n) is 3.40. The first-order chi connectivity index (χ1) is 13.7. The van der Waals surface area contributed by atoms with Crippen LogP contribution in [0, 0.1) is 5.92 Å². The molecular weight excluding hydrogens is 362 g/mol. The zero-order valence-electron chi connectivity index (χ0n) is 15.3. The molecule has 1 aliphatic heterocycles. The molecule has 3 N–H and O–H groups in total. The lowest BCUT2D eigenvalue weighted by atomic mass is 10.1. The fraction of sp³-hybridized carbons (Fsp3) is 0.444. The Morgan fingerprint density at radius 2 is 2.07 bits per heavy atom. The van der Waals surface area contributed by atoms with Gasteiger partial charge in [-0.1, -0.05) is 0 Å². The van der Waals surface area contributed by atoms with Crippen LogP contribution >= 0.6 is 0 Å². The summed E-state index contributed by atoms with van der Waals surface area (Å²) in [5, 5.41) is 38.2. The Hall–Kier alpha value is -2.82. The third-order valence-corrected chi connectivity index (χ3v) is 4.77. The Morgan fingerprint density at radius 3 is 2.82 bits per heavy atom. The van der Waals surface area contributed by atoms with E-state index in [4.69, 9.17) is 4.74 Å². The summed E-state index contributed by atoms with van der Waals surface area (Å²) < 4.78 is 7.64. The number of aromatic nitrogens is 6. The molecule has 3 aromatic rings. The first-order valence-corrected chi connectivity index (χ1v) is 9.20. The number of aliphatic hydroxyl groups is 2. The molecule has 4 rings (SSSR count). The minimum atomic E-state index is -0.648. The Balaban J connectivity index is 1.31. The first kappa shape index (κ1) is 18.5. The number of ether oxygens (including phenoxy) is 1. The van der Waals surface area contributed by atoms with Gasteiger partial charge in [0, 0.05) is 50.5 Å². The molecule has 0 saturated carbocycles. The number of nitrogens with zero attached hydrogens (tertiary/aromatic N) is 6. The molecule has 1 aliphatic rings. The van der Waals surface area contributed by atoms with Gasteiger partial charge in [0.25, 0.3) is 0 Å². The SMILES string of the molecule is OCC1CN(CC(O)COc2ccc(-c3nn[nH]n3)cc2)Cc2ccnn2C1. The van der Waals surface area contributed by atoms with Crippen molar-refractivity contribution in [2.75, 3.05) is 26.3 Å². The lowest BCUT2D eigenvalue weighted by Crippen LogP contribution is -2.38.